The van der Waals surface area contributed by atoms with Crippen molar-refractivity contribution < 1.29 is 9.53 Å². The molecule has 0 unspecified atom stereocenters. The molecule has 2 aromatic heterocycles. The molecular weight excluding hydrogens is 380 g/mol. The normalized spacial score (nSPS) is 10.4. The van der Waals surface area contributed by atoms with Crippen molar-refractivity contribution in [1.29, 1.82) is 0 Å². The van der Waals surface area contributed by atoms with Gasteiger partial charge in [-0.15, -0.1) is 0 Å². The van der Waals surface area contributed by atoms with Crippen molar-refractivity contribution in [3.8, 4) is 11.6 Å². The third-order valence-electron chi connectivity index (χ3n) is 4.12. The van der Waals surface area contributed by atoms with E-state index in [1.807, 2.05) is 67.7 Å². The Kier molecular flexibility index (Phi) is 5.66. The first-order chi connectivity index (χ1) is 14.7. The van der Waals surface area contributed by atoms with E-state index in [1.54, 1.807) is 23.0 Å². The van der Waals surface area contributed by atoms with E-state index in [9.17, 15) is 4.79 Å². The Morgan fingerprint density at radius 2 is 1.77 bits per heavy atom. The van der Waals surface area contributed by atoms with Crippen LogP contribution in [0.5, 0.6) is 5.75 Å². The van der Waals surface area contributed by atoms with Crippen molar-refractivity contribution in [2.45, 2.75) is 6.92 Å². The quantitative estimate of drug-likeness (QED) is 0.491. The molecule has 2 heterocycles. The zero-order valence-corrected chi connectivity index (χ0v) is 16.3. The maximum Gasteiger partial charge on any atom is 0.262 e. The van der Waals surface area contributed by atoms with Gasteiger partial charge in [0, 0.05) is 29.8 Å². The van der Waals surface area contributed by atoms with E-state index in [1.165, 1.54) is 0 Å². The van der Waals surface area contributed by atoms with Gasteiger partial charge in [0.2, 0.25) is 0 Å². The maximum atomic E-state index is 12.1. The van der Waals surface area contributed by atoms with Gasteiger partial charge in [-0.25, -0.2) is 14.6 Å². The number of aromatic nitrogens is 4. The van der Waals surface area contributed by atoms with Crippen molar-refractivity contribution >= 4 is 23.1 Å². The fraction of sp³-hybridized carbons (Fsp3) is 0.0909. The maximum absolute atomic E-state index is 12.1. The van der Waals surface area contributed by atoms with Crippen molar-refractivity contribution in [2.75, 3.05) is 17.2 Å². The average molecular weight is 400 g/mol. The minimum absolute atomic E-state index is 0.0551. The van der Waals surface area contributed by atoms with Crippen LogP contribution in [0.15, 0.2) is 79.1 Å². The van der Waals surface area contributed by atoms with Gasteiger partial charge < -0.3 is 15.4 Å². The van der Waals surface area contributed by atoms with Crippen LogP contribution < -0.4 is 15.4 Å². The molecule has 1 amide bonds. The lowest BCUT2D eigenvalue weighted by Crippen LogP contribution is -2.20. The number of hydrogen-bond acceptors (Lipinski definition) is 6. The van der Waals surface area contributed by atoms with Crippen molar-refractivity contribution in [3.63, 3.8) is 0 Å². The van der Waals surface area contributed by atoms with E-state index in [0.29, 0.717) is 28.9 Å². The number of nitrogens with one attached hydrogen (secondary N) is 2. The van der Waals surface area contributed by atoms with E-state index < -0.39 is 0 Å². The summed E-state index contributed by atoms with van der Waals surface area (Å²) >= 11 is 0. The Balaban J connectivity index is 1.36. The second-order valence-corrected chi connectivity index (χ2v) is 6.46. The smallest absolute Gasteiger partial charge is 0.262 e. The van der Waals surface area contributed by atoms with Gasteiger partial charge in [0.15, 0.2) is 12.4 Å². The van der Waals surface area contributed by atoms with Crippen LogP contribution in [0.4, 0.5) is 17.2 Å². The van der Waals surface area contributed by atoms with Gasteiger partial charge in [-0.3, -0.25) is 4.79 Å². The van der Waals surface area contributed by atoms with Crippen LogP contribution >= 0.6 is 0 Å². The van der Waals surface area contributed by atoms with Crippen LogP contribution in [0.25, 0.3) is 5.82 Å². The molecule has 8 nitrogen and oxygen atoms in total. The summed E-state index contributed by atoms with van der Waals surface area (Å²) in [6, 6.07) is 20.2. The summed E-state index contributed by atoms with van der Waals surface area (Å²) in [6.07, 6.45) is 3.52. The predicted molar refractivity (Wildman–Crippen MR) is 114 cm³/mol. The fourth-order valence-corrected chi connectivity index (χ4v) is 2.79. The molecule has 0 radical (unpaired) electrons. The highest BCUT2D eigenvalue weighted by Gasteiger charge is 2.06. The first-order valence-electron chi connectivity index (χ1n) is 9.36. The highest BCUT2D eigenvalue weighted by atomic mass is 16.5. The Morgan fingerprint density at radius 1 is 1.00 bits per heavy atom. The molecule has 4 rings (SSSR count). The fourth-order valence-electron chi connectivity index (χ4n) is 2.79. The molecule has 30 heavy (non-hydrogen) atoms. The molecule has 0 saturated heterocycles. The summed E-state index contributed by atoms with van der Waals surface area (Å²) in [7, 11) is 0. The van der Waals surface area contributed by atoms with E-state index in [0.717, 1.165) is 5.69 Å². The zero-order chi connectivity index (χ0) is 20.8. The lowest BCUT2D eigenvalue weighted by atomic mass is 10.2. The van der Waals surface area contributed by atoms with Gasteiger partial charge in [0.05, 0.1) is 0 Å². The Hall–Kier alpha value is -4.20. The second kappa shape index (κ2) is 8.87. The van der Waals surface area contributed by atoms with Gasteiger partial charge in [0.1, 0.15) is 17.4 Å². The molecule has 0 spiro atoms. The molecule has 0 fully saturated rings. The van der Waals surface area contributed by atoms with E-state index in [2.05, 4.69) is 25.7 Å². The van der Waals surface area contributed by atoms with Crippen LogP contribution in [0.2, 0.25) is 0 Å². The minimum atomic E-state index is -0.227. The average Bonchev–Trinajstić information content (AvgIpc) is 3.29. The molecule has 8 heteroatoms. The SMILES string of the molecule is Cc1nc(Nc2ccc(NC(=O)COc3ccccc3)cc2)cc(-n2cccn2)n1. The van der Waals surface area contributed by atoms with Crippen molar-refractivity contribution in [2.24, 2.45) is 0 Å². The van der Waals surface area contributed by atoms with Gasteiger partial charge >= 0.3 is 0 Å². The number of benzene rings is 2. The Bertz CT molecular complexity index is 1110. The molecule has 2 aromatic carbocycles. The standard InChI is InChI=1S/C22H20N6O2/c1-16-24-20(14-21(25-16)28-13-5-12-23-28)26-17-8-10-18(11-9-17)27-22(29)15-30-19-6-3-2-4-7-19/h2-14H,15H2,1H3,(H,27,29)(H,24,25,26). The minimum Gasteiger partial charge on any atom is -0.484 e. The highest BCUT2D eigenvalue weighted by Crippen LogP contribution is 2.19. The number of nitrogens with zero attached hydrogens (tertiary/aromatic N) is 4. The molecule has 2 N–H and O–H groups in total. The Morgan fingerprint density at radius 3 is 2.50 bits per heavy atom. The van der Waals surface area contributed by atoms with Crippen molar-refractivity contribution in [3.05, 3.63) is 84.9 Å². The number of aryl methyl sites for hydroxylation is 1. The summed E-state index contributed by atoms with van der Waals surface area (Å²) in [5.41, 5.74) is 1.51. The Labute approximate surface area is 173 Å². The molecule has 0 saturated carbocycles. The predicted octanol–water partition coefficient (Wildman–Crippen LogP) is 3.73. The number of carbonyl (C=O) groups is 1. The second-order valence-electron chi connectivity index (χ2n) is 6.46. The third-order valence-corrected chi connectivity index (χ3v) is 4.12. The molecule has 4 aromatic rings. The monoisotopic (exact) mass is 400 g/mol. The van der Waals surface area contributed by atoms with E-state index in [4.69, 9.17) is 4.74 Å². The van der Waals surface area contributed by atoms with Crippen LogP contribution in [0, 0.1) is 6.92 Å². The lowest BCUT2D eigenvalue weighted by Gasteiger charge is -2.10. The lowest BCUT2D eigenvalue weighted by molar-refractivity contribution is -0.118. The van der Waals surface area contributed by atoms with Gasteiger partial charge in [-0.2, -0.15) is 5.10 Å². The number of ether oxygens (including phenoxy) is 1. The first-order valence-corrected chi connectivity index (χ1v) is 9.36. The topological polar surface area (TPSA) is 94.0 Å². The third kappa shape index (κ3) is 4.99. The van der Waals surface area contributed by atoms with Crippen molar-refractivity contribution in [1.82, 2.24) is 19.7 Å². The van der Waals surface area contributed by atoms with Crippen LogP contribution in [0.1, 0.15) is 5.82 Å². The number of rotatable bonds is 7. The summed E-state index contributed by atoms with van der Waals surface area (Å²) in [5.74, 6) is 2.39. The van der Waals surface area contributed by atoms with E-state index in [-0.39, 0.29) is 12.5 Å². The molecule has 0 aliphatic carbocycles. The molecule has 0 atom stereocenters. The van der Waals surface area contributed by atoms with Crippen LogP contribution in [0.3, 0.4) is 0 Å². The highest BCUT2D eigenvalue weighted by molar-refractivity contribution is 5.92. The summed E-state index contributed by atoms with van der Waals surface area (Å²) in [6.45, 7) is 1.77. The molecule has 0 aliphatic heterocycles. The molecule has 150 valence electrons. The largest absolute Gasteiger partial charge is 0.484 e. The summed E-state index contributed by atoms with van der Waals surface area (Å²) in [4.78, 5) is 20.9. The number of hydrogen-bond donors (Lipinski definition) is 2. The number of carbonyl (C=O) groups excluding carboxylic acids is 1. The molecular formula is C22H20N6O2. The summed E-state index contributed by atoms with van der Waals surface area (Å²) in [5, 5.41) is 10.3. The first kappa shape index (κ1) is 19.1. The van der Waals surface area contributed by atoms with Gasteiger partial charge in [-0.05, 0) is 49.4 Å². The number of amides is 1. The van der Waals surface area contributed by atoms with Crippen LogP contribution in [-0.2, 0) is 4.79 Å². The van der Waals surface area contributed by atoms with Crippen LogP contribution in [-0.4, -0.2) is 32.3 Å². The summed E-state index contributed by atoms with van der Waals surface area (Å²) < 4.78 is 7.13. The van der Waals surface area contributed by atoms with Gasteiger partial charge in [-0.1, -0.05) is 18.2 Å². The van der Waals surface area contributed by atoms with Gasteiger partial charge in [0.25, 0.3) is 5.91 Å². The van der Waals surface area contributed by atoms with E-state index >= 15 is 0 Å². The zero-order valence-electron chi connectivity index (χ0n) is 16.3. The number of anilines is 3. The molecule has 0 aliphatic rings. The number of para-hydroxylation sites is 1. The molecule has 0 bridgehead atoms.